The van der Waals surface area contributed by atoms with Crippen molar-refractivity contribution in [2.75, 3.05) is 0 Å². The van der Waals surface area contributed by atoms with Gasteiger partial charge in [-0.05, 0) is 46.2 Å². The second-order valence-electron chi connectivity index (χ2n) is 8.85. The molecule has 0 fully saturated rings. The molecule has 2 nitrogen and oxygen atoms in total. The quantitative estimate of drug-likeness (QED) is 0.516. The molecule has 24 heavy (non-hydrogen) atoms. The van der Waals surface area contributed by atoms with E-state index in [1.54, 1.807) is 0 Å². The highest BCUT2D eigenvalue weighted by Gasteiger charge is 2.18. The third-order valence-electron chi connectivity index (χ3n) is 4.94. The zero-order valence-corrected chi connectivity index (χ0v) is 15.8. The molecule has 0 spiro atoms. The largest absolute Gasteiger partial charge is 0.343 e. The van der Waals surface area contributed by atoms with Crippen molar-refractivity contribution in [1.29, 1.82) is 0 Å². The van der Waals surface area contributed by atoms with Crippen molar-refractivity contribution in [3.63, 3.8) is 0 Å². The fourth-order valence-electron chi connectivity index (χ4n) is 3.23. The first-order valence-corrected chi connectivity index (χ1v) is 8.57. The van der Waals surface area contributed by atoms with E-state index in [0.717, 1.165) is 21.8 Å². The molecule has 2 aromatic carbocycles. The molecule has 0 radical (unpaired) electrons. The third-order valence-corrected chi connectivity index (χ3v) is 4.94. The zero-order chi connectivity index (χ0) is 17.9. The average molecular weight is 321 g/mol. The van der Waals surface area contributed by atoms with Gasteiger partial charge in [0.15, 0.2) is 5.43 Å². The SMILES string of the molecule is Cn1c2ccc(C(C)(C)C)cc2c(=O)c2cc(C(C)(C)C)ccc21. The second-order valence-corrected chi connectivity index (χ2v) is 8.85. The lowest BCUT2D eigenvalue weighted by atomic mass is 9.85. The Bertz CT molecular complexity index is 917. The van der Waals surface area contributed by atoms with E-state index < -0.39 is 0 Å². The van der Waals surface area contributed by atoms with Crippen molar-refractivity contribution < 1.29 is 0 Å². The summed E-state index contributed by atoms with van der Waals surface area (Å²) in [5, 5.41) is 1.62. The van der Waals surface area contributed by atoms with E-state index in [1.165, 1.54) is 11.1 Å². The first-order chi connectivity index (χ1) is 11.0. The molecule has 1 aromatic heterocycles. The molecule has 0 aliphatic carbocycles. The summed E-state index contributed by atoms with van der Waals surface area (Å²) in [4.78, 5) is 13.2. The van der Waals surface area contributed by atoms with E-state index >= 15 is 0 Å². The van der Waals surface area contributed by atoms with Crippen LogP contribution in [0.4, 0.5) is 0 Å². The Labute approximate surface area is 144 Å². The van der Waals surface area contributed by atoms with E-state index in [2.05, 4.69) is 82.5 Å². The smallest absolute Gasteiger partial charge is 0.197 e. The monoisotopic (exact) mass is 321 g/mol. The average Bonchev–Trinajstić information content (AvgIpc) is 2.49. The van der Waals surface area contributed by atoms with Gasteiger partial charge in [-0.2, -0.15) is 0 Å². The Morgan fingerprint density at radius 1 is 0.708 bits per heavy atom. The van der Waals surface area contributed by atoms with Gasteiger partial charge in [-0.25, -0.2) is 0 Å². The van der Waals surface area contributed by atoms with Crippen LogP contribution in [-0.2, 0) is 17.9 Å². The molecule has 3 rings (SSSR count). The Hall–Kier alpha value is -2.09. The van der Waals surface area contributed by atoms with E-state index in [1.807, 2.05) is 7.05 Å². The fourth-order valence-corrected chi connectivity index (χ4v) is 3.23. The van der Waals surface area contributed by atoms with E-state index in [-0.39, 0.29) is 16.3 Å². The highest BCUT2D eigenvalue weighted by Crippen LogP contribution is 2.28. The zero-order valence-electron chi connectivity index (χ0n) is 15.8. The standard InChI is InChI=1S/C22H27NO/c1-21(2,3)14-8-10-18-16(12-14)20(24)17-13-15(22(4,5)6)9-11-19(17)23(18)7/h8-13H,1-7H3. The molecule has 0 saturated carbocycles. The number of hydrogen-bond donors (Lipinski definition) is 0. The molecule has 1 heterocycles. The van der Waals surface area contributed by atoms with Crippen LogP contribution in [0.15, 0.2) is 41.2 Å². The minimum absolute atomic E-state index is 0.0292. The van der Waals surface area contributed by atoms with Crippen molar-refractivity contribution in [2.45, 2.75) is 52.4 Å². The fraction of sp³-hybridized carbons (Fsp3) is 0.409. The minimum Gasteiger partial charge on any atom is -0.343 e. The number of fused-ring (bicyclic) bond motifs is 2. The molecule has 0 saturated heterocycles. The van der Waals surface area contributed by atoms with Crippen LogP contribution in [0.5, 0.6) is 0 Å². The van der Waals surface area contributed by atoms with Crippen LogP contribution in [0, 0.1) is 0 Å². The molecule has 0 unspecified atom stereocenters. The normalized spacial score (nSPS) is 13.0. The molecule has 126 valence electrons. The van der Waals surface area contributed by atoms with Gasteiger partial charge < -0.3 is 4.57 Å². The van der Waals surface area contributed by atoms with Crippen LogP contribution < -0.4 is 5.43 Å². The summed E-state index contributed by atoms with van der Waals surface area (Å²) in [5.41, 5.74) is 4.56. The number of nitrogens with zero attached hydrogens (tertiary/aromatic N) is 1. The van der Waals surface area contributed by atoms with Crippen molar-refractivity contribution in [3.8, 4) is 0 Å². The van der Waals surface area contributed by atoms with E-state index in [9.17, 15) is 4.79 Å². The third kappa shape index (κ3) is 2.64. The molecule has 0 N–H and O–H groups in total. The summed E-state index contributed by atoms with van der Waals surface area (Å²) in [7, 11) is 2.04. The highest BCUT2D eigenvalue weighted by atomic mass is 16.1. The van der Waals surface area contributed by atoms with Gasteiger partial charge in [0.2, 0.25) is 0 Å². The van der Waals surface area contributed by atoms with Gasteiger partial charge in [-0.1, -0.05) is 53.7 Å². The van der Waals surface area contributed by atoms with Gasteiger partial charge in [0.05, 0.1) is 11.0 Å². The summed E-state index contributed by atoms with van der Waals surface area (Å²) in [6.45, 7) is 13.1. The van der Waals surface area contributed by atoms with Crippen molar-refractivity contribution >= 4 is 21.8 Å². The number of rotatable bonds is 0. The van der Waals surface area contributed by atoms with Gasteiger partial charge in [0, 0.05) is 17.8 Å². The van der Waals surface area contributed by atoms with Crippen LogP contribution in [0.2, 0.25) is 0 Å². The lowest BCUT2D eigenvalue weighted by Gasteiger charge is -2.22. The lowest BCUT2D eigenvalue weighted by molar-refractivity contribution is 0.591. The van der Waals surface area contributed by atoms with Gasteiger partial charge in [-0.15, -0.1) is 0 Å². The number of hydrogen-bond acceptors (Lipinski definition) is 1. The first kappa shape index (κ1) is 16.8. The summed E-state index contributed by atoms with van der Waals surface area (Å²) in [6.07, 6.45) is 0. The number of pyridine rings is 1. The topological polar surface area (TPSA) is 22.0 Å². The lowest BCUT2D eigenvalue weighted by Crippen LogP contribution is -2.16. The Kier molecular flexibility index (Phi) is 3.63. The molecule has 0 atom stereocenters. The Balaban J connectivity index is 2.44. The highest BCUT2D eigenvalue weighted by molar-refractivity contribution is 5.94. The summed E-state index contributed by atoms with van der Waals surface area (Å²) < 4.78 is 2.13. The van der Waals surface area contributed by atoms with E-state index in [4.69, 9.17) is 0 Å². The maximum atomic E-state index is 13.2. The van der Waals surface area contributed by atoms with E-state index in [0.29, 0.717) is 0 Å². The van der Waals surface area contributed by atoms with Crippen LogP contribution in [-0.4, -0.2) is 4.57 Å². The van der Waals surface area contributed by atoms with Crippen molar-refractivity contribution in [3.05, 3.63) is 57.7 Å². The van der Waals surface area contributed by atoms with Crippen LogP contribution in [0.3, 0.4) is 0 Å². The molecule has 3 aromatic rings. The van der Waals surface area contributed by atoms with Gasteiger partial charge in [-0.3, -0.25) is 4.79 Å². The van der Waals surface area contributed by atoms with Crippen LogP contribution >= 0.6 is 0 Å². The molecule has 0 bridgehead atoms. The van der Waals surface area contributed by atoms with Crippen LogP contribution in [0.1, 0.15) is 52.7 Å². The molecular formula is C22H27NO. The Morgan fingerprint density at radius 3 is 1.42 bits per heavy atom. The van der Waals surface area contributed by atoms with Crippen molar-refractivity contribution in [1.82, 2.24) is 4.57 Å². The molecular weight excluding hydrogens is 294 g/mol. The summed E-state index contributed by atoms with van der Waals surface area (Å²) in [6, 6.07) is 12.6. The molecule has 2 heteroatoms. The van der Waals surface area contributed by atoms with Gasteiger partial charge in [0.1, 0.15) is 0 Å². The molecule has 0 amide bonds. The first-order valence-electron chi connectivity index (χ1n) is 8.57. The number of benzene rings is 2. The predicted molar refractivity (Wildman–Crippen MR) is 104 cm³/mol. The second kappa shape index (κ2) is 5.20. The number of aromatic nitrogens is 1. The summed E-state index contributed by atoms with van der Waals surface area (Å²) >= 11 is 0. The number of aryl methyl sites for hydroxylation is 1. The predicted octanol–water partition coefficient (Wildman–Crippen LogP) is 5.29. The van der Waals surface area contributed by atoms with Gasteiger partial charge in [0.25, 0.3) is 0 Å². The Morgan fingerprint density at radius 2 is 1.08 bits per heavy atom. The summed E-state index contributed by atoms with van der Waals surface area (Å²) in [5.74, 6) is 0. The minimum atomic E-state index is 0.0292. The molecule has 0 aliphatic rings. The van der Waals surface area contributed by atoms with Crippen LogP contribution in [0.25, 0.3) is 21.8 Å². The van der Waals surface area contributed by atoms with Crippen molar-refractivity contribution in [2.24, 2.45) is 7.05 Å². The maximum absolute atomic E-state index is 13.2. The molecule has 0 aliphatic heterocycles. The maximum Gasteiger partial charge on any atom is 0.197 e. The van der Waals surface area contributed by atoms with Gasteiger partial charge >= 0.3 is 0 Å².